The normalized spacial score (nSPS) is 10.4. The highest BCUT2D eigenvalue weighted by molar-refractivity contribution is 5.97. The predicted octanol–water partition coefficient (Wildman–Crippen LogP) is 2.32. The molecule has 0 aliphatic rings. The highest BCUT2D eigenvalue weighted by atomic mass is 16.5. The van der Waals surface area contributed by atoms with Gasteiger partial charge in [-0.3, -0.25) is 4.98 Å². The van der Waals surface area contributed by atoms with Crippen LogP contribution in [0.2, 0.25) is 0 Å². The van der Waals surface area contributed by atoms with Crippen molar-refractivity contribution in [2.45, 2.75) is 0 Å². The Morgan fingerprint density at radius 3 is 2.53 bits per heavy atom. The van der Waals surface area contributed by atoms with Crippen LogP contribution in [0.1, 0.15) is 0 Å². The summed E-state index contributed by atoms with van der Waals surface area (Å²) < 4.78 is 10.8. The standard InChI is InChI=1S/C13H16N2O2/c1-15(2)10-8-11(16-3)13(17-4)9-6-5-7-14-12(9)10/h5-8H,1-4H3. The molecule has 0 aliphatic carbocycles. The number of aromatic nitrogens is 1. The van der Waals surface area contributed by atoms with Gasteiger partial charge in [0, 0.05) is 31.7 Å². The third-order valence-electron chi connectivity index (χ3n) is 2.69. The summed E-state index contributed by atoms with van der Waals surface area (Å²) >= 11 is 0. The van der Waals surface area contributed by atoms with Crippen LogP contribution in [0.5, 0.6) is 11.5 Å². The fourth-order valence-corrected chi connectivity index (χ4v) is 1.89. The molecule has 0 N–H and O–H groups in total. The lowest BCUT2D eigenvalue weighted by Gasteiger charge is -2.18. The van der Waals surface area contributed by atoms with Gasteiger partial charge in [0.05, 0.1) is 25.4 Å². The molecule has 4 heteroatoms. The molecule has 0 radical (unpaired) electrons. The molecule has 0 fully saturated rings. The van der Waals surface area contributed by atoms with Crippen LogP contribution in [0.4, 0.5) is 5.69 Å². The first-order valence-electron chi connectivity index (χ1n) is 5.36. The van der Waals surface area contributed by atoms with Crippen molar-refractivity contribution in [1.82, 2.24) is 4.98 Å². The number of hydrogen-bond acceptors (Lipinski definition) is 4. The average Bonchev–Trinajstić information content (AvgIpc) is 2.36. The number of pyridine rings is 1. The van der Waals surface area contributed by atoms with Crippen LogP contribution in [0.3, 0.4) is 0 Å². The molecule has 2 rings (SSSR count). The Labute approximate surface area is 101 Å². The topological polar surface area (TPSA) is 34.6 Å². The molecular formula is C13H16N2O2. The van der Waals surface area contributed by atoms with Crippen molar-refractivity contribution < 1.29 is 9.47 Å². The number of fused-ring (bicyclic) bond motifs is 1. The first-order chi connectivity index (χ1) is 8.19. The van der Waals surface area contributed by atoms with Gasteiger partial charge >= 0.3 is 0 Å². The van der Waals surface area contributed by atoms with Crippen molar-refractivity contribution in [3.63, 3.8) is 0 Å². The number of methoxy groups -OCH3 is 2. The minimum Gasteiger partial charge on any atom is -0.493 e. The van der Waals surface area contributed by atoms with Crippen molar-refractivity contribution in [2.75, 3.05) is 33.2 Å². The zero-order chi connectivity index (χ0) is 12.4. The molecule has 0 atom stereocenters. The highest BCUT2D eigenvalue weighted by Gasteiger charge is 2.14. The number of hydrogen-bond donors (Lipinski definition) is 0. The van der Waals surface area contributed by atoms with Gasteiger partial charge in [0.25, 0.3) is 0 Å². The second-order valence-corrected chi connectivity index (χ2v) is 3.93. The summed E-state index contributed by atoms with van der Waals surface area (Å²) in [5, 5.41) is 0.957. The molecule has 1 heterocycles. The second-order valence-electron chi connectivity index (χ2n) is 3.93. The van der Waals surface area contributed by atoms with Crippen molar-refractivity contribution in [3.05, 3.63) is 24.4 Å². The Kier molecular flexibility index (Phi) is 3.04. The van der Waals surface area contributed by atoms with E-state index < -0.39 is 0 Å². The van der Waals surface area contributed by atoms with Crippen molar-refractivity contribution in [2.24, 2.45) is 0 Å². The van der Waals surface area contributed by atoms with Crippen molar-refractivity contribution in [3.8, 4) is 11.5 Å². The number of anilines is 1. The lowest BCUT2D eigenvalue weighted by atomic mass is 10.1. The SMILES string of the molecule is COc1cc(N(C)C)c2ncccc2c1OC. The molecule has 0 unspecified atom stereocenters. The Bertz CT molecular complexity index is 538. The minimum atomic E-state index is 0.719. The lowest BCUT2D eigenvalue weighted by Crippen LogP contribution is -2.10. The van der Waals surface area contributed by atoms with E-state index in [4.69, 9.17) is 9.47 Å². The van der Waals surface area contributed by atoms with E-state index in [1.807, 2.05) is 37.2 Å². The van der Waals surface area contributed by atoms with Crippen LogP contribution >= 0.6 is 0 Å². The molecule has 0 saturated heterocycles. The summed E-state index contributed by atoms with van der Waals surface area (Å²) in [6.45, 7) is 0. The van der Waals surface area contributed by atoms with Crippen molar-refractivity contribution in [1.29, 1.82) is 0 Å². The van der Waals surface area contributed by atoms with Crippen LogP contribution < -0.4 is 14.4 Å². The summed E-state index contributed by atoms with van der Waals surface area (Å²) in [4.78, 5) is 6.42. The fourth-order valence-electron chi connectivity index (χ4n) is 1.89. The van der Waals surface area contributed by atoms with Crippen LogP contribution in [0.15, 0.2) is 24.4 Å². The van der Waals surface area contributed by atoms with E-state index in [0.29, 0.717) is 0 Å². The molecular weight excluding hydrogens is 216 g/mol. The summed E-state index contributed by atoms with van der Waals surface area (Å²) in [7, 11) is 7.24. The molecule has 0 saturated carbocycles. The maximum absolute atomic E-state index is 5.40. The zero-order valence-electron chi connectivity index (χ0n) is 10.5. The Morgan fingerprint density at radius 2 is 1.94 bits per heavy atom. The largest absolute Gasteiger partial charge is 0.493 e. The average molecular weight is 232 g/mol. The number of nitrogens with zero attached hydrogens (tertiary/aromatic N) is 2. The smallest absolute Gasteiger partial charge is 0.170 e. The minimum absolute atomic E-state index is 0.719. The van der Waals surface area contributed by atoms with Crippen LogP contribution in [-0.2, 0) is 0 Å². The third-order valence-corrected chi connectivity index (χ3v) is 2.69. The molecule has 0 bridgehead atoms. The molecule has 17 heavy (non-hydrogen) atoms. The van der Waals surface area contributed by atoms with E-state index in [9.17, 15) is 0 Å². The van der Waals surface area contributed by atoms with Gasteiger partial charge in [-0.05, 0) is 12.1 Å². The maximum atomic E-state index is 5.40. The molecule has 1 aromatic carbocycles. The molecule has 1 aromatic heterocycles. The van der Waals surface area contributed by atoms with E-state index >= 15 is 0 Å². The van der Waals surface area contributed by atoms with Crippen LogP contribution in [0, 0.1) is 0 Å². The third kappa shape index (κ3) is 1.86. The predicted molar refractivity (Wildman–Crippen MR) is 69.2 cm³/mol. The van der Waals surface area contributed by atoms with Crippen LogP contribution in [-0.4, -0.2) is 33.3 Å². The molecule has 0 spiro atoms. The Balaban J connectivity index is 2.84. The van der Waals surface area contributed by atoms with Gasteiger partial charge in [-0.15, -0.1) is 0 Å². The first-order valence-corrected chi connectivity index (χ1v) is 5.36. The van der Waals surface area contributed by atoms with Gasteiger partial charge in [0.1, 0.15) is 0 Å². The Hall–Kier alpha value is -1.97. The first kappa shape index (κ1) is 11.5. The monoisotopic (exact) mass is 232 g/mol. The second kappa shape index (κ2) is 4.49. The van der Waals surface area contributed by atoms with E-state index in [-0.39, 0.29) is 0 Å². The van der Waals surface area contributed by atoms with Gasteiger partial charge in [0.2, 0.25) is 0 Å². The number of rotatable bonds is 3. The van der Waals surface area contributed by atoms with Gasteiger partial charge in [0.15, 0.2) is 11.5 Å². The van der Waals surface area contributed by atoms with E-state index in [1.54, 1.807) is 20.4 Å². The van der Waals surface area contributed by atoms with Crippen LogP contribution in [0.25, 0.3) is 10.9 Å². The summed E-state index contributed by atoms with van der Waals surface area (Å²) in [5.41, 5.74) is 1.92. The summed E-state index contributed by atoms with van der Waals surface area (Å²) in [6, 6.07) is 5.81. The number of ether oxygens (including phenoxy) is 2. The summed E-state index contributed by atoms with van der Waals surface area (Å²) in [5.74, 6) is 1.44. The molecule has 2 aromatic rings. The zero-order valence-corrected chi connectivity index (χ0v) is 10.5. The Morgan fingerprint density at radius 1 is 1.18 bits per heavy atom. The molecule has 0 amide bonds. The fraction of sp³-hybridized carbons (Fsp3) is 0.308. The van der Waals surface area contributed by atoms with Crippen molar-refractivity contribution >= 4 is 16.6 Å². The molecule has 4 nitrogen and oxygen atoms in total. The van der Waals surface area contributed by atoms with Gasteiger partial charge < -0.3 is 14.4 Å². The van der Waals surface area contributed by atoms with E-state index in [0.717, 1.165) is 28.1 Å². The quantitative estimate of drug-likeness (QED) is 0.813. The maximum Gasteiger partial charge on any atom is 0.170 e. The van der Waals surface area contributed by atoms with Gasteiger partial charge in [-0.2, -0.15) is 0 Å². The molecule has 0 aliphatic heterocycles. The van der Waals surface area contributed by atoms with Gasteiger partial charge in [-0.25, -0.2) is 0 Å². The number of benzene rings is 1. The summed E-state index contributed by atoms with van der Waals surface area (Å²) in [6.07, 6.45) is 1.78. The van der Waals surface area contributed by atoms with Gasteiger partial charge in [-0.1, -0.05) is 0 Å². The lowest BCUT2D eigenvalue weighted by molar-refractivity contribution is 0.358. The van der Waals surface area contributed by atoms with E-state index in [2.05, 4.69) is 4.98 Å². The molecule has 90 valence electrons. The van der Waals surface area contributed by atoms with E-state index in [1.165, 1.54) is 0 Å². The highest BCUT2D eigenvalue weighted by Crippen LogP contribution is 2.39.